The van der Waals surface area contributed by atoms with Crippen molar-refractivity contribution in [3.05, 3.63) is 224 Å². The number of rotatable bonds is 9. The molecule has 7 heteroatoms. The van der Waals surface area contributed by atoms with Crippen molar-refractivity contribution in [3.8, 4) is 0 Å². The first-order valence-electron chi connectivity index (χ1n) is 16.9. The summed E-state index contributed by atoms with van der Waals surface area (Å²) in [5.41, 5.74) is 0.700. The summed E-state index contributed by atoms with van der Waals surface area (Å²) in [6.07, 6.45) is 1.31. The zero-order valence-corrected chi connectivity index (χ0v) is 35.5. The van der Waals surface area contributed by atoms with Gasteiger partial charge in [-0.15, -0.1) is 12.1 Å². The van der Waals surface area contributed by atoms with Crippen LogP contribution < -0.4 is 31.8 Å². The van der Waals surface area contributed by atoms with Gasteiger partial charge in [0.2, 0.25) is 11.6 Å². The van der Waals surface area contributed by atoms with E-state index in [0.717, 1.165) is 0 Å². The average molecular weight is 947 g/mol. The molecule has 7 aromatic carbocycles. The second-order valence-corrected chi connectivity index (χ2v) is 20.4. The average Bonchev–Trinajstić information content (AvgIpc) is 3.22. The van der Waals surface area contributed by atoms with E-state index in [1.54, 1.807) is 12.1 Å². The van der Waals surface area contributed by atoms with Crippen molar-refractivity contribution in [2.45, 2.75) is 6.92 Å². The van der Waals surface area contributed by atoms with Crippen LogP contribution in [0.2, 0.25) is 0 Å². The number of ketones is 2. The SMILES string of the molecule is CC(=[OH+])[CH-]C(=[OH+])c1ccccc1.[Cl][Re][Cl].c1ccc([PH+](c2ccccc2)c2ccccc2)cc1.c1ccc([PH+](c2ccccc2)c2ccccc2)cc1. The van der Waals surface area contributed by atoms with Crippen molar-refractivity contribution in [1.82, 2.24) is 0 Å². The normalized spacial score (nSPS) is 9.98. The molecule has 0 aliphatic carbocycles. The molecule has 0 bridgehead atoms. The van der Waals surface area contributed by atoms with Crippen LogP contribution in [0.3, 0.4) is 0 Å². The minimum atomic E-state index is -0.877. The van der Waals surface area contributed by atoms with E-state index in [0.29, 0.717) is 5.56 Å². The van der Waals surface area contributed by atoms with Crippen molar-refractivity contribution in [1.29, 1.82) is 0 Å². The van der Waals surface area contributed by atoms with E-state index in [-0.39, 0.29) is 11.6 Å². The summed E-state index contributed by atoms with van der Waals surface area (Å²) in [4.78, 5) is 18.2. The summed E-state index contributed by atoms with van der Waals surface area (Å²) in [6, 6.07) is 74.1. The molecule has 0 fully saturated rings. The Morgan fingerprint density at radius 3 is 0.774 bits per heavy atom. The van der Waals surface area contributed by atoms with E-state index in [4.69, 9.17) is 23.9 Å². The zero-order chi connectivity index (χ0) is 37.5. The molecule has 0 aliphatic rings. The zero-order valence-electron chi connectivity index (χ0n) is 29.3. The standard InChI is InChI=1S/2C18H15P.C10H9O2.2ClH.Re/c2*1-4-10-16(11-5-1)19(17-12-6-2-7-13-17)18-14-8-3-9-15-18;1-8(11)7-10(12)9-5-3-2-4-6-9;;;/h2*1-15H;2-7H,1H3;2*1H;/q;;-1;;;+2/p+2. The molecular weight excluding hydrogens is 904 g/mol. The van der Waals surface area contributed by atoms with Crippen molar-refractivity contribution < 1.29 is 25.5 Å². The van der Waals surface area contributed by atoms with Crippen molar-refractivity contribution in [2.75, 3.05) is 0 Å². The van der Waals surface area contributed by atoms with Gasteiger partial charge in [0, 0.05) is 6.92 Å². The summed E-state index contributed by atoms with van der Waals surface area (Å²) in [7, 11) is 8.08. The van der Waals surface area contributed by atoms with Crippen LogP contribution in [0.25, 0.3) is 0 Å². The third-order valence-corrected chi connectivity index (χ3v) is 13.3. The number of benzene rings is 7. The van der Waals surface area contributed by atoms with Gasteiger partial charge in [0.1, 0.15) is 31.8 Å². The van der Waals surface area contributed by atoms with Crippen LogP contribution in [0, 0.1) is 6.42 Å². The largest absolute Gasteiger partial charge is 0.102 e. The maximum absolute atomic E-state index is 9.37. The quantitative estimate of drug-likeness (QED) is 0.0456. The molecule has 0 amide bonds. The van der Waals surface area contributed by atoms with E-state index in [2.05, 4.69) is 182 Å². The minimum absolute atomic E-state index is 0.0793. The van der Waals surface area contributed by atoms with Gasteiger partial charge < -0.3 is 4.79 Å². The van der Waals surface area contributed by atoms with Crippen LogP contribution in [0.1, 0.15) is 12.5 Å². The van der Waals surface area contributed by atoms with Gasteiger partial charge in [-0.05, 0) is 79.2 Å². The van der Waals surface area contributed by atoms with Gasteiger partial charge in [-0.1, -0.05) is 133 Å². The first-order chi connectivity index (χ1) is 26.0. The summed E-state index contributed by atoms with van der Waals surface area (Å²) in [5, 5.41) is 8.61. The predicted octanol–water partition coefficient (Wildman–Crippen LogP) is 9.08. The molecule has 267 valence electrons. The number of carbonyl (C=O) groups excluding carboxylic acids is 2. The third kappa shape index (κ3) is 14.3. The molecule has 2 nitrogen and oxygen atoms in total. The van der Waals surface area contributed by atoms with Crippen molar-refractivity contribution in [2.24, 2.45) is 0 Å². The summed E-state index contributed by atoms with van der Waals surface area (Å²) >= 11 is -0.722. The Hall–Kier alpha value is -4.15. The fourth-order valence-corrected chi connectivity index (χ4v) is 10.7. The van der Waals surface area contributed by atoms with Gasteiger partial charge in [0.15, 0.2) is 0 Å². The summed E-state index contributed by atoms with van der Waals surface area (Å²) < 4.78 is 0. The molecule has 0 spiro atoms. The number of hydrogen-bond acceptors (Lipinski definition) is 0. The third-order valence-electron chi connectivity index (χ3n) is 7.79. The summed E-state index contributed by atoms with van der Waals surface area (Å²) in [6.45, 7) is 1.51. The minimum Gasteiger partial charge on any atom is -0.0620 e. The molecule has 2 N–H and O–H groups in total. The fraction of sp³-hybridized carbons (Fsp3) is 0.0217. The maximum atomic E-state index is 9.37. The van der Waals surface area contributed by atoms with Crippen molar-refractivity contribution in [3.63, 3.8) is 0 Å². The molecule has 0 aliphatic heterocycles. The molecule has 0 heterocycles. The second-order valence-electron chi connectivity index (χ2n) is 11.5. The van der Waals surface area contributed by atoms with Gasteiger partial charge in [-0.3, -0.25) is 4.79 Å². The smallest absolute Gasteiger partial charge is 0.0620 e. The van der Waals surface area contributed by atoms with E-state index >= 15 is 0 Å². The molecule has 0 radical (unpaired) electrons. The molecular formula is C46H43Cl2O2P2Re+3. The molecule has 0 saturated heterocycles. The van der Waals surface area contributed by atoms with Gasteiger partial charge in [0.05, 0.1) is 15.8 Å². The van der Waals surface area contributed by atoms with Crippen LogP contribution in [0.5, 0.6) is 0 Å². The van der Waals surface area contributed by atoms with Crippen LogP contribution in [0.15, 0.2) is 212 Å². The molecule has 0 aromatic heterocycles. The Morgan fingerprint density at radius 1 is 0.396 bits per heavy atom. The van der Waals surface area contributed by atoms with Gasteiger partial charge in [-0.25, -0.2) is 0 Å². The molecule has 7 rings (SSSR count). The monoisotopic (exact) mass is 946 g/mol. The molecule has 0 saturated carbocycles. The first-order valence-corrected chi connectivity index (χ1v) is 26.7. The Kier molecular flexibility index (Phi) is 19.0. The van der Waals surface area contributed by atoms with E-state index in [9.17, 15) is 4.79 Å². The second kappa shape index (κ2) is 24.2. The number of halogens is 2. The Labute approximate surface area is 332 Å². The fourth-order valence-electron chi connectivity index (χ4n) is 5.52. The van der Waals surface area contributed by atoms with Crippen LogP contribution in [-0.2, 0) is 15.9 Å². The van der Waals surface area contributed by atoms with Gasteiger partial charge >= 0.3 is 35.0 Å². The van der Waals surface area contributed by atoms with E-state index in [1.165, 1.54) is 45.2 Å². The first kappa shape index (κ1) is 41.6. The predicted molar refractivity (Wildman–Crippen MR) is 234 cm³/mol. The molecule has 0 atom stereocenters. The van der Waals surface area contributed by atoms with Gasteiger partial charge in [-0.2, -0.15) is 0 Å². The maximum Gasteiger partial charge on any atom is 0.102 e. The Morgan fingerprint density at radius 2 is 0.585 bits per heavy atom. The topological polar surface area (TPSA) is 42.8 Å². The Bertz CT molecular complexity index is 1720. The molecule has 7 aromatic rings. The Balaban J connectivity index is 0.000000176. The van der Waals surface area contributed by atoms with Crippen LogP contribution in [-0.4, -0.2) is 21.2 Å². The van der Waals surface area contributed by atoms with Gasteiger partial charge in [0.25, 0.3) is 0 Å². The van der Waals surface area contributed by atoms with E-state index in [1.807, 2.05) is 18.2 Å². The van der Waals surface area contributed by atoms with Crippen LogP contribution >= 0.6 is 34.9 Å². The molecule has 53 heavy (non-hydrogen) atoms. The summed E-state index contributed by atoms with van der Waals surface area (Å²) in [5.74, 6) is 0.173. The van der Waals surface area contributed by atoms with Crippen LogP contribution in [0.4, 0.5) is 0 Å². The van der Waals surface area contributed by atoms with E-state index < -0.39 is 31.8 Å². The van der Waals surface area contributed by atoms with Crippen molar-refractivity contribution >= 4 is 78.3 Å². The number of hydrogen-bond donors (Lipinski definition) is 0. The molecule has 0 unspecified atom stereocenters.